The van der Waals surface area contributed by atoms with E-state index in [1.165, 1.54) is 6.20 Å². The summed E-state index contributed by atoms with van der Waals surface area (Å²) in [7, 11) is 3.28. The van der Waals surface area contributed by atoms with E-state index in [4.69, 9.17) is 21.4 Å². The van der Waals surface area contributed by atoms with E-state index >= 15 is 0 Å². The highest BCUT2D eigenvalue weighted by Gasteiger charge is 2.18. The molecule has 0 atom stereocenters. The fourth-order valence-electron chi connectivity index (χ4n) is 3.08. The minimum atomic E-state index is -1.03. The summed E-state index contributed by atoms with van der Waals surface area (Å²) in [6.45, 7) is 3.70. The Kier molecular flexibility index (Phi) is 7.63. The van der Waals surface area contributed by atoms with Gasteiger partial charge in [0, 0.05) is 30.3 Å². The van der Waals surface area contributed by atoms with Gasteiger partial charge in [0.1, 0.15) is 22.5 Å². The van der Waals surface area contributed by atoms with Crippen LogP contribution in [0.2, 0.25) is 5.15 Å². The number of carbonyl (C=O) groups is 2. The lowest BCUT2D eigenvalue weighted by Gasteiger charge is -2.18. The van der Waals surface area contributed by atoms with E-state index in [1.54, 1.807) is 55.5 Å². The number of nitrogens with one attached hydrogen (secondary N) is 1. The number of ether oxygens (including phenoxy) is 1. The van der Waals surface area contributed by atoms with E-state index in [-0.39, 0.29) is 17.5 Å². The number of nitrogens with zero attached hydrogens (tertiary/aromatic N) is 3. The Balaban J connectivity index is 1.74. The maximum Gasteiger partial charge on any atom is 0.308 e. The molecule has 0 unspecified atom stereocenters. The zero-order valence-electron chi connectivity index (χ0n) is 18.2. The summed E-state index contributed by atoms with van der Waals surface area (Å²) >= 11 is 6.27. The number of carbonyl (C=O) groups excluding carboxylic acids is 1. The second-order valence-electron chi connectivity index (χ2n) is 7.15. The van der Waals surface area contributed by atoms with Gasteiger partial charge in [0.2, 0.25) is 0 Å². The topological polar surface area (TPSA) is 105 Å². The van der Waals surface area contributed by atoms with Gasteiger partial charge in [0.05, 0.1) is 13.5 Å². The highest BCUT2D eigenvalue weighted by molar-refractivity contribution is 6.30. The van der Waals surface area contributed by atoms with Crippen LogP contribution in [0, 0.1) is 0 Å². The van der Waals surface area contributed by atoms with Crippen LogP contribution in [0.15, 0.2) is 61.3 Å². The fraction of sp³-hybridized carbons (Fsp3) is 0.167. The van der Waals surface area contributed by atoms with Crippen molar-refractivity contribution in [3.05, 3.63) is 89.0 Å². The van der Waals surface area contributed by atoms with Gasteiger partial charge in [-0.05, 0) is 48.2 Å². The first-order valence-corrected chi connectivity index (χ1v) is 10.3. The molecule has 9 heteroatoms. The van der Waals surface area contributed by atoms with Gasteiger partial charge in [-0.2, -0.15) is 0 Å². The van der Waals surface area contributed by atoms with E-state index in [9.17, 15) is 9.59 Å². The monoisotopic (exact) mass is 466 g/mol. The molecule has 0 radical (unpaired) electrons. The van der Waals surface area contributed by atoms with Crippen molar-refractivity contribution >= 4 is 35.0 Å². The number of amides is 1. The van der Waals surface area contributed by atoms with Gasteiger partial charge in [-0.1, -0.05) is 30.3 Å². The Hall–Kier alpha value is -3.91. The number of rotatable bonds is 9. The van der Waals surface area contributed by atoms with Crippen LogP contribution in [-0.2, 0) is 17.6 Å². The summed E-state index contributed by atoms with van der Waals surface area (Å²) in [5, 5.41) is 12.1. The summed E-state index contributed by atoms with van der Waals surface area (Å²) in [5.74, 6) is 0.251. The average molecular weight is 467 g/mol. The third-order valence-corrected chi connectivity index (χ3v) is 5.16. The predicted octanol–water partition coefficient (Wildman–Crippen LogP) is 4.19. The average Bonchev–Trinajstić information content (AvgIpc) is 2.81. The van der Waals surface area contributed by atoms with Gasteiger partial charge in [-0.3, -0.25) is 9.59 Å². The first-order chi connectivity index (χ1) is 15.8. The molecule has 0 fully saturated rings. The first kappa shape index (κ1) is 23.7. The summed E-state index contributed by atoms with van der Waals surface area (Å²) in [6.07, 6.45) is 1.60. The standard InChI is InChI=1S/C24H23ClN4O4/c1-4-29(2)23-19(14-21(30)31)22(25)27-20(28-23)13-15-5-9-17(10-6-15)26-24(32)16-7-11-18(33-3)12-8-16/h4-12H,1,13-14H2,2-3H3,(H,26,32)(H,30,31). The van der Waals surface area contributed by atoms with Crippen LogP contribution in [-0.4, -0.2) is 41.1 Å². The van der Waals surface area contributed by atoms with Gasteiger partial charge >= 0.3 is 5.97 Å². The van der Waals surface area contributed by atoms with Crippen molar-refractivity contribution in [2.24, 2.45) is 0 Å². The molecule has 0 spiro atoms. The minimum Gasteiger partial charge on any atom is -0.497 e. The molecule has 33 heavy (non-hydrogen) atoms. The molecule has 3 aromatic rings. The van der Waals surface area contributed by atoms with Crippen molar-refractivity contribution in [3.8, 4) is 5.75 Å². The van der Waals surface area contributed by atoms with Gasteiger partial charge < -0.3 is 20.1 Å². The molecule has 2 aromatic carbocycles. The van der Waals surface area contributed by atoms with E-state index < -0.39 is 5.97 Å². The van der Waals surface area contributed by atoms with Crippen molar-refractivity contribution in [3.63, 3.8) is 0 Å². The third-order valence-electron chi connectivity index (χ3n) is 4.84. The van der Waals surface area contributed by atoms with Crippen LogP contribution < -0.4 is 15.0 Å². The van der Waals surface area contributed by atoms with Crippen LogP contribution in [0.4, 0.5) is 11.5 Å². The van der Waals surface area contributed by atoms with E-state index in [1.807, 2.05) is 12.1 Å². The molecular weight excluding hydrogens is 444 g/mol. The number of carboxylic acid groups (broad SMARTS) is 1. The molecule has 1 heterocycles. The zero-order valence-corrected chi connectivity index (χ0v) is 19.0. The molecule has 0 aliphatic heterocycles. The number of aliphatic carboxylic acids is 1. The molecule has 0 bridgehead atoms. The lowest BCUT2D eigenvalue weighted by molar-refractivity contribution is -0.136. The lowest BCUT2D eigenvalue weighted by Crippen LogP contribution is -2.17. The van der Waals surface area contributed by atoms with Crippen molar-refractivity contribution in [2.75, 3.05) is 24.4 Å². The third kappa shape index (κ3) is 6.08. The number of methoxy groups -OCH3 is 1. The van der Waals surface area contributed by atoms with Crippen LogP contribution in [0.5, 0.6) is 5.75 Å². The predicted molar refractivity (Wildman–Crippen MR) is 127 cm³/mol. The maximum atomic E-state index is 12.4. The minimum absolute atomic E-state index is 0.0921. The highest BCUT2D eigenvalue weighted by Crippen LogP contribution is 2.26. The summed E-state index contributed by atoms with van der Waals surface area (Å²) in [6, 6.07) is 14.1. The number of benzene rings is 2. The summed E-state index contributed by atoms with van der Waals surface area (Å²) < 4.78 is 5.10. The Labute approximate surface area is 196 Å². The molecule has 0 aliphatic rings. The Morgan fingerprint density at radius 1 is 1.15 bits per heavy atom. The maximum absolute atomic E-state index is 12.4. The fourth-order valence-corrected chi connectivity index (χ4v) is 3.33. The number of halogens is 1. The van der Waals surface area contributed by atoms with Crippen LogP contribution in [0.25, 0.3) is 0 Å². The van der Waals surface area contributed by atoms with Crippen molar-refractivity contribution in [2.45, 2.75) is 12.8 Å². The molecule has 0 saturated carbocycles. The second-order valence-corrected chi connectivity index (χ2v) is 7.51. The van der Waals surface area contributed by atoms with E-state index in [0.29, 0.717) is 40.6 Å². The zero-order chi connectivity index (χ0) is 24.0. The normalized spacial score (nSPS) is 10.4. The van der Waals surface area contributed by atoms with Crippen molar-refractivity contribution < 1.29 is 19.4 Å². The molecule has 1 amide bonds. The SMILES string of the molecule is C=CN(C)c1nc(Cc2ccc(NC(=O)c3ccc(OC)cc3)cc2)nc(Cl)c1CC(=O)O. The molecule has 0 saturated heterocycles. The number of carboxylic acids is 1. The van der Waals surface area contributed by atoms with Crippen LogP contribution in [0.1, 0.15) is 27.3 Å². The van der Waals surface area contributed by atoms with E-state index in [0.717, 1.165) is 5.56 Å². The van der Waals surface area contributed by atoms with Gasteiger partial charge in [0.15, 0.2) is 0 Å². The Morgan fingerprint density at radius 2 is 1.82 bits per heavy atom. The number of hydrogen-bond donors (Lipinski definition) is 2. The number of aromatic nitrogens is 2. The first-order valence-electron chi connectivity index (χ1n) is 9.97. The summed E-state index contributed by atoms with van der Waals surface area (Å²) in [5.41, 5.74) is 2.38. The lowest BCUT2D eigenvalue weighted by atomic mass is 10.1. The van der Waals surface area contributed by atoms with Gasteiger partial charge in [-0.15, -0.1) is 0 Å². The molecule has 8 nitrogen and oxygen atoms in total. The van der Waals surface area contributed by atoms with Crippen LogP contribution in [0.3, 0.4) is 0 Å². The second kappa shape index (κ2) is 10.6. The molecule has 2 N–H and O–H groups in total. The summed E-state index contributed by atoms with van der Waals surface area (Å²) in [4.78, 5) is 34.0. The smallest absolute Gasteiger partial charge is 0.308 e. The molecular formula is C24H23ClN4O4. The van der Waals surface area contributed by atoms with Crippen molar-refractivity contribution in [1.29, 1.82) is 0 Å². The number of hydrogen-bond acceptors (Lipinski definition) is 6. The molecule has 0 aliphatic carbocycles. The Bertz CT molecular complexity index is 1160. The molecule has 1 aromatic heterocycles. The highest BCUT2D eigenvalue weighted by atomic mass is 35.5. The van der Waals surface area contributed by atoms with Gasteiger partial charge in [0.25, 0.3) is 5.91 Å². The number of anilines is 2. The quantitative estimate of drug-likeness (QED) is 0.455. The molecule has 170 valence electrons. The van der Waals surface area contributed by atoms with Gasteiger partial charge in [-0.25, -0.2) is 9.97 Å². The largest absolute Gasteiger partial charge is 0.497 e. The van der Waals surface area contributed by atoms with Crippen molar-refractivity contribution in [1.82, 2.24) is 9.97 Å². The molecule has 3 rings (SSSR count). The van der Waals surface area contributed by atoms with E-state index in [2.05, 4.69) is 21.9 Å². The van der Waals surface area contributed by atoms with Crippen LogP contribution >= 0.6 is 11.6 Å². The Morgan fingerprint density at radius 3 is 2.39 bits per heavy atom.